The van der Waals surface area contributed by atoms with E-state index < -0.39 is 0 Å². The number of hydrogen-bond acceptors (Lipinski definition) is 3. The second-order valence-corrected chi connectivity index (χ2v) is 4.73. The highest BCUT2D eigenvalue weighted by Gasteiger charge is 2.44. The van der Waals surface area contributed by atoms with E-state index in [0.29, 0.717) is 0 Å². The molecule has 3 heteroatoms. The van der Waals surface area contributed by atoms with Gasteiger partial charge in [-0.25, -0.2) is 0 Å². The van der Waals surface area contributed by atoms with E-state index in [1.54, 1.807) is 0 Å². The van der Waals surface area contributed by atoms with Gasteiger partial charge in [0.05, 0.1) is 18.0 Å². The molecule has 1 unspecified atom stereocenters. The Bertz CT molecular complexity index is 158. The molecule has 0 amide bonds. The summed E-state index contributed by atoms with van der Waals surface area (Å²) in [4.78, 5) is 2.38. The van der Waals surface area contributed by atoms with E-state index in [9.17, 15) is 0 Å². The van der Waals surface area contributed by atoms with Gasteiger partial charge in [-0.15, -0.1) is 0 Å². The zero-order chi connectivity index (χ0) is 7.90. The highest BCUT2D eigenvalue weighted by Crippen LogP contribution is 2.37. The van der Waals surface area contributed by atoms with Gasteiger partial charge in [0.1, 0.15) is 0 Å². The summed E-state index contributed by atoms with van der Waals surface area (Å²) in [6.45, 7) is 4.14. The molecule has 0 aromatic carbocycles. The van der Waals surface area contributed by atoms with Crippen LogP contribution in [0.2, 0.25) is 0 Å². The number of hydrogen-bond donors (Lipinski definition) is 1. The molecule has 64 valence electrons. The van der Waals surface area contributed by atoms with E-state index in [0.717, 1.165) is 19.1 Å². The SMILES string of the molecule is CN1CCC(C2(S)COC2)C1. The van der Waals surface area contributed by atoms with Gasteiger partial charge in [-0.05, 0) is 25.9 Å². The van der Waals surface area contributed by atoms with Gasteiger partial charge < -0.3 is 9.64 Å². The monoisotopic (exact) mass is 173 g/mol. The van der Waals surface area contributed by atoms with Crippen molar-refractivity contribution < 1.29 is 4.74 Å². The summed E-state index contributed by atoms with van der Waals surface area (Å²) in [5.74, 6) is 0.754. The van der Waals surface area contributed by atoms with Crippen LogP contribution in [0.15, 0.2) is 0 Å². The molecule has 0 bridgehead atoms. The number of ether oxygens (including phenoxy) is 1. The second-order valence-electron chi connectivity index (χ2n) is 3.84. The lowest BCUT2D eigenvalue weighted by atomic mass is 9.89. The lowest BCUT2D eigenvalue weighted by Crippen LogP contribution is -2.51. The largest absolute Gasteiger partial charge is 0.378 e. The van der Waals surface area contributed by atoms with Gasteiger partial charge >= 0.3 is 0 Å². The summed E-state index contributed by atoms with van der Waals surface area (Å²) in [6, 6.07) is 0. The van der Waals surface area contributed by atoms with E-state index in [-0.39, 0.29) is 4.75 Å². The number of nitrogens with zero attached hydrogens (tertiary/aromatic N) is 1. The van der Waals surface area contributed by atoms with E-state index in [1.807, 2.05) is 0 Å². The Morgan fingerprint density at radius 1 is 1.55 bits per heavy atom. The molecule has 0 aromatic rings. The first-order valence-corrected chi connectivity index (χ1v) is 4.64. The summed E-state index contributed by atoms with van der Waals surface area (Å²) in [5, 5.41) is 0. The third kappa shape index (κ3) is 1.30. The number of thiol groups is 1. The van der Waals surface area contributed by atoms with Crippen LogP contribution in [-0.2, 0) is 4.74 Å². The van der Waals surface area contributed by atoms with Crippen LogP contribution in [0.5, 0.6) is 0 Å². The van der Waals surface area contributed by atoms with Crippen molar-refractivity contribution in [3.05, 3.63) is 0 Å². The second kappa shape index (κ2) is 2.64. The molecule has 2 aliphatic heterocycles. The molecule has 11 heavy (non-hydrogen) atoms. The molecule has 0 spiro atoms. The highest BCUT2D eigenvalue weighted by atomic mass is 32.1. The summed E-state index contributed by atoms with van der Waals surface area (Å²) in [7, 11) is 2.18. The number of likely N-dealkylation sites (tertiary alicyclic amines) is 1. The zero-order valence-corrected chi connectivity index (χ0v) is 7.81. The molecule has 2 aliphatic rings. The molecule has 0 aliphatic carbocycles. The quantitative estimate of drug-likeness (QED) is 0.584. The van der Waals surface area contributed by atoms with Gasteiger partial charge in [0.15, 0.2) is 0 Å². The van der Waals surface area contributed by atoms with Gasteiger partial charge in [0.2, 0.25) is 0 Å². The maximum atomic E-state index is 5.19. The highest BCUT2D eigenvalue weighted by molar-refractivity contribution is 7.82. The summed E-state index contributed by atoms with van der Waals surface area (Å²) in [5.41, 5.74) is 0. The van der Waals surface area contributed by atoms with Crippen LogP contribution in [-0.4, -0.2) is 43.0 Å². The lowest BCUT2D eigenvalue weighted by molar-refractivity contribution is -0.0319. The molecule has 1 atom stereocenters. The Labute approximate surface area is 73.3 Å². The van der Waals surface area contributed by atoms with Crippen molar-refractivity contribution in [2.45, 2.75) is 11.2 Å². The molecule has 2 rings (SSSR count). The fraction of sp³-hybridized carbons (Fsp3) is 1.00. The molecule has 2 saturated heterocycles. The zero-order valence-electron chi connectivity index (χ0n) is 6.92. The van der Waals surface area contributed by atoms with Crippen LogP contribution in [0.3, 0.4) is 0 Å². The van der Waals surface area contributed by atoms with Crippen LogP contribution in [0.4, 0.5) is 0 Å². The summed E-state index contributed by atoms with van der Waals surface area (Å²) >= 11 is 4.66. The predicted octanol–water partition coefficient (Wildman–Crippen LogP) is 0.637. The van der Waals surface area contributed by atoms with Crippen molar-refractivity contribution in [2.75, 3.05) is 33.4 Å². The van der Waals surface area contributed by atoms with Gasteiger partial charge in [-0.3, -0.25) is 0 Å². The third-order valence-corrected chi connectivity index (χ3v) is 3.48. The minimum atomic E-state index is 0.213. The summed E-state index contributed by atoms with van der Waals surface area (Å²) < 4.78 is 5.40. The topological polar surface area (TPSA) is 12.5 Å². The van der Waals surface area contributed by atoms with Crippen molar-refractivity contribution in [1.29, 1.82) is 0 Å². The Hall–Kier alpha value is 0.270. The first-order valence-electron chi connectivity index (χ1n) is 4.19. The predicted molar refractivity (Wildman–Crippen MR) is 48.1 cm³/mol. The lowest BCUT2D eigenvalue weighted by Gasteiger charge is -2.41. The average molecular weight is 173 g/mol. The summed E-state index contributed by atoms with van der Waals surface area (Å²) in [6.07, 6.45) is 1.30. The van der Waals surface area contributed by atoms with Gasteiger partial charge in [0.25, 0.3) is 0 Å². The molecular formula is C8H15NOS. The average Bonchev–Trinajstić information content (AvgIpc) is 2.31. The Balaban J connectivity index is 1.95. The Morgan fingerprint density at radius 3 is 2.64 bits per heavy atom. The van der Waals surface area contributed by atoms with Crippen molar-refractivity contribution >= 4 is 12.6 Å². The minimum Gasteiger partial charge on any atom is -0.378 e. The molecule has 2 nitrogen and oxygen atoms in total. The normalized spacial score (nSPS) is 37.1. The fourth-order valence-corrected chi connectivity index (χ4v) is 2.31. The van der Waals surface area contributed by atoms with E-state index in [1.165, 1.54) is 19.5 Å². The van der Waals surface area contributed by atoms with Crippen LogP contribution in [0.25, 0.3) is 0 Å². The van der Waals surface area contributed by atoms with Crippen LogP contribution in [0, 0.1) is 5.92 Å². The first-order chi connectivity index (χ1) is 5.21. The standard InChI is InChI=1S/C8H15NOS/c1-9-3-2-7(4-9)8(11)5-10-6-8/h7,11H,2-6H2,1H3. The maximum absolute atomic E-state index is 5.19. The van der Waals surface area contributed by atoms with Gasteiger partial charge in [0, 0.05) is 6.54 Å². The van der Waals surface area contributed by atoms with E-state index in [2.05, 4.69) is 24.6 Å². The molecule has 0 aromatic heterocycles. The fourth-order valence-electron chi connectivity index (χ4n) is 1.92. The van der Waals surface area contributed by atoms with Crippen LogP contribution in [0.1, 0.15) is 6.42 Å². The molecule has 0 N–H and O–H groups in total. The van der Waals surface area contributed by atoms with Crippen molar-refractivity contribution in [3.63, 3.8) is 0 Å². The van der Waals surface area contributed by atoms with Crippen LogP contribution < -0.4 is 0 Å². The van der Waals surface area contributed by atoms with E-state index >= 15 is 0 Å². The molecule has 2 heterocycles. The Kier molecular flexibility index (Phi) is 1.90. The van der Waals surface area contributed by atoms with Crippen molar-refractivity contribution in [1.82, 2.24) is 4.90 Å². The van der Waals surface area contributed by atoms with Gasteiger partial charge in [-0.1, -0.05) is 0 Å². The number of rotatable bonds is 1. The molecule has 0 saturated carbocycles. The van der Waals surface area contributed by atoms with Gasteiger partial charge in [-0.2, -0.15) is 12.6 Å². The molecule has 0 radical (unpaired) electrons. The van der Waals surface area contributed by atoms with Crippen molar-refractivity contribution in [3.8, 4) is 0 Å². The molecular weight excluding hydrogens is 158 g/mol. The third-order valence-electron chi connectivity index (χ3n) is 2.86. The first kappa shape index (κ1) is 7.90. The molecule has 2 fully saturated rings. The minimum absolute atomic E-state index is 0.213. The van der Waals surface area contributed by atoms with E-state index in [4.69, 9.17) is 4.74 Å². The maximum Gasteiger partial charge on any atom is 0.0637 e. The van der Waals surface area contributed by atoms with Crippen LogP contribution >= 0.6 is 12.6 Å². The van der Waals surface area contributed by atoms with Crippen molar-refractivity contribution in [2.24, 2.45) is 5.92 Å². The Morgan fingerprint density at radius 2 is 2.27 bits per heavy atom. The smallest absolute Gasteiger partial charge is 0.0637 e.